The monoisotopic (exact) mass is 414 g/mol. The number of anilines is 2. The molecule has 0 aliphatic carbocycles. The Morgan fingerprint density at radius 3 is 2.87 bits per heavy atom. The first kappa shape index (κ1) is 20.0. The lowest BCUT2D eigenvalue weighted by atomic mass is 9.92. The van der Waals surface area contributed by atoms with Crippen LogP contribution >= 0.6 is 0 Å². The number of aromatic nitrogens is 3. The van der Waals surface area contributed by atoms with Crippen molar-refractivity contribution in [2.75, 3.05) is 23.7 Å². The zero-order valence-electron chi connectivity index (χ0n) is 16.5. The van der Waals surface area contributed by atoms with E-state index in [1.54, 1.807) is 13.0 Å². The summed E-state index contributed by atoms with van der Waals surface area (Å²) in [6.07, 6.45) is 4.00. The zero-order chi connectivity index (χ0) is 21.3. The van der Waals surface area contributed by atoms with Crippen molar-refractivity contribution in [2.24, 2.45) is 0 Å². The van der Waals surface area contributed by atoms with Gasteiger partial charge in [0, 0.05) is 11.3 Å². The molecule has 1 saturated heterocycles. The highest BCUT2D eigenvalue weighted by Gasteiger charge is 2.30. The van der Waals surface area contributed by atoms with Crippen molar-refractivity contribution in [3.05, 3.63) is 58.5 Å². The first-order valence-corrected chi connectivity index (χ1v) is 9.69. The van der Waals surface area contributed by atoms with E-state index in [4.69, 9.17) is 0 Å². The standard InChI is InChI=1S/C20H23FN6O3/c1-13-15(21)3-2-4-16(13)25-19(29)24-14-9-17-18(28)26(12-23-27(17)10-14)11-20(30)5-7-22-8-6-20/h2-4,9-10,12,22,30H,5-8,11H2,1H3,(H2,24,25,29). The van der Waals surface area contributed by atoms with Crippen molar-refractivity contribution in [3.8, 4) is 0 Å². The SMILES string of the molecule is Cc1c(F)cccc1NC(=O)Nc1cc2c(=O)n(CC3(O)CCNCC3)cnn2c1. The van der Waals surface area contributed by atoms with E-state index in [0.717, 1.165) is 0 Å². The maximum atomic E-state index is 13.6. The number of carbonyl (C=O) groups excluding carboxylic acids is 1. The van der Waals surface area contributed by atoms with Crippen molar-refractivity contribution in [1.82, 2.24) is 19.5 Å². The fourth-order valence-electron chi connectivity index (χ4n) is 3.60. The number of rotatable bonds is 4. The van der Waals surface area contributed by atoms with Gasteiger partial charge < -0.3 is 21.1 Å². The molecule has 0 spiro atoms. The van der Waals surface area contributed by atoms with E-state index in [-0.39, 0.29) is 17.6 Å². The quantitative estimate of drug-likeness (QED) is 0.519. The van der Waals surface area contributed by atoms with Gasteiger partial charge in [-0.3, -0.25) is 9.36 Å². The number of benzene rings is 1. The lowest BCUT2D eigenvalue weighted by Gasteiger charge is -2.32. The fourth-order valence-corrected chi connectivity index (χ4v) is 3.60. The lowest BCUT2D eigenvalue weighted by molar-refractivity contribution is -0.00642. The molecule has 9 nitrogen and oxygen atoms in total. The lowest BCUT2D eigenvalue weighted by Crippen LogP contribution is -2.46. The van der Waals surface area contributed by atoms with E-state index in [9.17, 15) is 19.1 Å². The maximum Gasteiger partial charge on any atom is 0.323 e. The number of amides is 2. The van der Waals surface area contributed by atoms with Crippen LogP contribution in [0.4, 0.5) is 20.6 Å². The molecule has 0 bridgehead atoms. The molecule has 1 aliphatic rings. The van der Waals surface area contributed by atoms with Gasteiger partial charge in [0.05, 0.1) is 24.0 Å². The Balaban J connectivity index is 1.52. The van der Waals surface area contributed by atoms with Crippen LogP contribution in [-0.2, 0) is 6.54 Å². The summed E-state index contributed by atoms with van der Waals surface area (Å²) in [4.78, 5) is 25.1. The zero-order valence-corrected chi connectivity index (χ0v) is 16.5. The van der Waals surface area contributed by atoms with Gasteiger partial charge in [-0.15, -0.1) is 0 Å². The summed E-state index contributed by atoms with van der Waals surface area (Å²) in [7, 11) is 0. The molecular formula is C20H23FN6O3. The van der Waals surface area contributed by atoms with Gasteiger partial charge in [-0.1, -0.05) is 6.07 Å². The number of fused-ring (bicyclic) bond motifs is 1. The number of aliphatic hydroxyl groups is 1. The van der Waals surface area contributed by atoms with Crippen LogP contribution in [0.2, 0.25) is 0 Å². The molecule has 0 radical (unpaired) electrons. The molecule has 0 unspecified atom stereocenters. The van der Waals surface area contributed by atoms with Gasteiger partial charge in [0.15, 0.2) is 0 Å². The second-order valence-corrected chi connectivity index (χ2v) is 7.59. The molecule has 2 amide bonds. The first-order valence-electron chi connectivity index (χ1n) is 9.69. The summed E-state index contributed by atoms with van der Waals surface area (Å²) in [6.45, 7) is 3.12. The van der Waals surface area contributed by atoms with E-state index in [1.807, 2.05) is 0 Å². The summed E-state index contributed by atoms with van der Waals surface area (Å²) in [5.74, 6) is -0.414. The van der Waals surface area contributed by atoms with Crippen LogP contribution in [-0.4, -0.2) is 44.0 Å². The topological polar surface area (TPSA) is 113 Å². The fraction of sp³-hybridized carbons (Fsp3) is 0.350. The molecular weight excluding hydrogens is 391 g/mol. The van der Waals surface area contributed by atoms with Crippen LogP contribution < -0.4 is 21.5 Å². The number of halogens is 1. The second-order valence-electron chi connectivity index (χ2n) is 7.59. The Morgan fingerprint density at radius 2 is 2.10 bits per heavy atom. The Morgan fingerprint density at radius 1 is 1.33 bits per heavy atom. The third-order valence-corrected chi connectivity index (χ3v) is 5.37. The third kappa shape index (κ3) is 4.05. The van der Waals surface area contributed by atoms with Crippen molar-refractivity contribution >= 4 is 22.9 Å². The normalized spacial score (nSPS) is 15.8. The maximum absolute atomic E-state index is 13.6. The van der Waals surface area contributed by atoms with Gasteiger partial charge in [-0.2, -0.15) is 5.10 Å². The predicted octanol–water partition coefficient (Wildman–Crippen LogP) is 1.70. The highest BCUT2D eigenvalue weighted by Crippen LogP contribution is 2.20. The summed E-state index contributed by atoms with van der Waals surface area (Å²) in [6, 6.07) is 5.36. The number of urea groups is 1. The Labute approximate surface area is 171 Å². The molecule has 4 N–H and O–H groups in total. The Hall–Kier alpha value is -3.24. The summed E-state index contributed by atoms with van der Waals surface area (Å²) in [5.41, 5.74) is 0.0519. The van der Waals surface area contributed by atoms with Crippen molar-refractivity contribution in [2.45, 2.75) is 31.9 Å². The minimum absolute atomic E-state index is 0.157. The number of carbonyl (C=O) groups is 1. The average molecular weight is 414 g/mol. The smallest absolute Gasteiger partial charge is 0.323 e. The first-order chi connectivity index (χ1) is 14.3. The third-order valence-electron chi connectivity index (χ3n) is 5.37. The van der Waals surface area contributed by atoms with Crippen LogP contribution in [0.1, 0.15) is 18.4 Å². The molecule has 0 atom stereocenters. The number of hydrogen-bond donors (Lipinski definition) is 4. The summed E-state index contributed by atoms with van der Waals surface area (Å²) in [5, 5.41) is 23.3. The number of nitrogens with zero attached hydrogens (tertiary/aromatic N) is 3. The molecule has 3 aromatic rings. The van der Waals surface area contributed by atoms with Gasteiger partial charge >= 0.3 is 6.03 Å². The molecule has 1 fully saturated rings. The van der Waals surface area contributed by atoms with E-state index in [0.29, 0.717) is 42.9 Å². The minimum Gasteiger partial charge on any atom is -0.388 e. The van der Waals surface area contributed by atoms with E-state index >= 15 is 0 Å². The number of hydrogen-bond acceptors (Lipinski definition) is 5. The van der Waals surface area contributed by atoms with E-state index < -0.39 is 17.4 Å². The van der Waals surface area contributed by atoms with Crippen molar-refractivity contribution in [1.29, 1.82) is 0 Å². The second kappa shape index (κ2) is 7.88. The molecule has 30 heavy (non-hydrogen) atoms. The van der Waals surface area contributed by atoms with Gasteiger partial charge in [-0.05, 0) is 51.1 Å². The van der Waals surface area contributed by atoms with Crippen LogP contribution in [0, 0.1) is 12.7 Å². The highest BCUT2D eigenvalue weighted by atomic mass is 19.1. The van der Waals surface area contributed by atoms with Crippen molar-refractivity contribution in [3.63, 3.8) is 0 Å². The van der Waals surface area contributed by atoms with Crippen LogP contribution in [0.5, 0.6) is 0 Å². The van der Waals surface area contributed by atoms with Crippen LogP contribution in [0.15, 0.2) is 41.6 Å². The van der Waals surface area contributed by atoms with Crippen molar-refractivity contribution < 1.29 is 14.3 Å². The largest absolute Gasteiger partial charge is 0.388 e. The summed E-state index contributed by atoms with van der Waals surface area (Å²) < 4.78 is 16.4. The van der Waals surface area contributed by atoms with E-state index in [1.165, 1.54) is 39.8 Å². The van der Waals surface area contributed by atoms with Gasteiger partial charge in [0.25, 0.3) is 5.56 Å². The minimum atomic E-state index is -0.953. The predicted molar refractivity (Wildman–Crippen MR) is 110 cm³/mol. The molecule has 158 valence electrons. The molecule has 10 heteroatoms. The van der Waals surface area contributed by atoms with Crippen LogP contribution in [0.3, 0.4) is 0 Å². The molecule has 3 heterocycles. The van der Waals surface area contributed by atoms with Gasteiger partial charge in [0.1, 0.15) is 17.7 Å². The molecule has 1 aliphatic heterocycles. The average Bonchev–Trinajstić information content (AvgIpc) is 3.11. The van der Waals surface area contributed by atoms with E-state index in [2.05, 4.69) is 21.0 Å². The van der Waals surface area contributed by atoms with Gasteiger partial charge in [0.2, 0.25) is 0 Å². The molecule has 4 rings (SSSR count). The molecule has 1 aromatic carbocycles. The highest BCUT2D eigenvalue weighted by molar-refractivity contribution is 6.00. The van der Waals surface area contributed by atoms with Crippen LogP contribution in [0.25, 0.3) is 5.52 Å². The number of piperidine rings is 1. The summed E-state index contributed by atoms with van der Waals surface area (Å²) >= 11 is 0. The molecule has 0 saturated carbocycles. The molecule has 2 aromatic heterocycles. The Kier molecular flexibility index (Phi) is 5.27. The van der Waals surface area contributed by atoms with Gasteiger partial charge in [-0.25, -0.2) is 13.7 Å². The number of nitrogens with one attached hydrogen (secondary N) is 3. The Bertz CT molecular complexity index is 1150.